The Morgan fingerprint density at radius 1 is 0.556 bits per heavy atom. The molecule has 2 unspecified atom stereocenters. The highest BCUT2D eigenvalue weighted by atomic mass is 16.4. The van der Waals surface area contributed by atoms with Gasteiger partial charge in [0.2, 0.25) is 23.6 Å². The quantitative estimate of drug-likeness (QED) is 0.0810. The van der Waals surface area contributed by atoms with Gasteiger partial charge in [0.1, 0.15) is 30.5 Å². The lowest BCUT2D eigenvalue weighted by Gasteiger charge is -2.33. The number of hydrogen-bond acceptors (Lipinski definition) is 9. The average molecular weight is 753 g/mol. The number of benzene rings is 2. The highest BCUT2D eigenvalue weighted by Crippen LogP contribution is 2.33. The molecule has 17 nitrogen and oxygen atoms in total. The Hall–Kier alpha value is -6.13. The van der Waals surface area contributed by atoms with Crippen molar-refractivity contribution in [2.24, 2.45) is 17.8 Å². The standard InChI is InChI=1S/C37H44N4O13/c42-20-23-15-24(32(47)40-28(17-21-7-3-1-4-8-21)34(49)38-26(36(51)52)11-13-30(43)44)19-25(16-23)33(48)41-29(18-22-9-5-2-6-10-22)35(50)39-27(37(53)54)12-14-31(45)46/h1-10,20,23-29H,11-19H2,(H,38,49)(H,39,50)(H,40,47)(H,41,48)(H,43,44)(H,45,46)(H,51,52)(H,53,54)/t23?,24-,25+,26+,27?,28+,29+/m1/s1. The van der Waals surface area contributed by atoms with Crippen LogP contribution in [0.4, 0.5) is 0 Å². The Bertz CT molecular complexity index is 1550. The largest absolute Gasteiger partial charge is 0.481 e. The summed E-state index contributed by atoms with van der Waals surface area (Å²) in [6, 6.07) is 11.2. The van der Waals surface area contributed by atoms with Crippen LogP contribution in [0, 0.1) is 17.8 Å². The summed E-state index contributed by atoms with van der Waals surface area (Å²) in [4.78, 5) is 112. The van der Waals surface area contributed by atoms with Gasteiger partial charge in [0.05, 0.1) is 0 Å². The lowest BCUT2D eigenvalue weighted by atomic mass is 9.74. The summed E-state index contributed by atoms with van der Waals surface area (Å²) in [5.74, 6) is -11.4. The zero-order valence-electron chi connectivity index (χ0n) is 29.2. The van der Waals surface area contributed by atoms with Crippen LogP contribution in [0.1, 0.15) is 56.1 Å². The number of hydrogen-bond donors (Lipinski definition) is 8. The minimum absolute atomic E-state index is 0.0208. The van der Waals surface area contributed by atoms with E-state index >= 15 is 0 Å². The van der Waals surface area contributed by atoms with E-state index in [2.05, 4.69) is 21.3 Å². The predicted octanol–water partition coefficient (Wildman–Crippen LogP) is 0.541. The zero-order valence-corrected chi connectivity index (χ0v) is 29.2. The number of amides is 4. The molecular weight excluding hydrogens is 708 g/mol. The molecule has 290 valence electrons. The van der Waals surface area contributed by atoms with Gasteiger partial charge in [0.15, 0.2) is 0 Å². The number of aldehydes is 1. The number of carboxylic acid groups (broad SMARTS) is 4. The maximum absolute atomic E-state index is 13.7. The first-order chi connectivity index (χ1) is 25.7. The molecule has 1 saturated carbocycles. The van der Waals surface area contributed by atoms with E-state index in [1.807, 2.05) is 0 Å². The molecule has 17 heteroatoms. The lowest BCUT2D eigenvalue weighted by molar-refractivity contribution is -0.144. The Kier molecular flexibility index (Phi) is 16.3. The van der Waals surface area contributed by atoms with Crippen LogP contribution in [0.2, 0.25) is 0 Å². The van der Waals surface area contributed by atoms with E-state index in [4.69, 9.17) is 10.2 Å². The van der Waals surface area contributed by atoms with Gasteiger partial charge in [-0.05, 0) is 43.2 Å². The second-order valence-corrected chi connectivity index (χ2v) is 13.2. The molecule has 3 rings (SSSR count). The van der Waals surface area contributed by atoms with Crippen molar-refractivity contribution in [3.8, 4) is 0 Å². The van der Waals surface area contributed by atoms with E-state index in [-0.39, 0.29) is 32.1 Å². The van der Waals surface area contributed by atoms with Crippen molar-refractivity contribution in [3.05, 3.63) is 71.8 Å². The maximum Gasteiger partial charge on any atom is 0.326 e. The van der Waals surface area contributed by atoms with Crippen molar-refractivity contribution < 1.29 is 63.6 Å². The first-order valence-electron chi connectivity index (χ1n) is 17.3. The van der Waals surface area contributed by atoms with Gasteiger partial charge in [0, 0.05) is 43.4 Å². The number of carbonyl (C=O) groups excluding carboxylic acids is 5. The SMILES string of the molecule is O=CC1C[C@H](C(=O)N[C@@H](Cc2ccccc2)C(=O)NC(CCC(=O)O)C(=O)O)C[C@H](C(=O)N[C@@H](Cc2ccccc2)C(=O)N[C@@H](CCC(=O)O)C(=O)O)C1. The number of nitrogens with one attached hydrogen (secondary N) is 4. The molecule has 7 atom stereocenters. The van der Waals surface area contributed by atoms with Gasteiger partial charge in [-0.2, -0.15) is 0 Å². The molecule has 0 saturated heterocycles. The van der Waals surface area contributed by atoms with Crippen LogP contribution in [-0.4, -0.2) is 98.4 Å². The third-order valence-electron chi connectivity index (χ3n) is 9.03. The number of rotatable bonds is 21. The fourth-order valence-electron chi connectivity index (χ4n) is 6.19. The number of carbonyl (C=O) groups is 9. The summed E-state index contributed by atoms with van der Waals surface area (Å²) in [5, 5.41) is 47.0. The third kappa shape index (κ3) is 13.8. The highest BCUT2D eigenvalue weighted by Gasteiger charge is 2.39. The minimum Gasteiger partial charge on any atom is -0.481 e. The van der Waals surface area contributed by atoms with Crippen LogP contribution < -0.4 is 21.3 Å². The van der Waals surface area contributed by atoms with E-state index < -0.39 is 115 Å². The molecule has 8 N–H and O–H groups in total. The molecule has 2 aromatic carbocycles. The third-order valence-corrected chi connectivity index (χ3v) is 9.03. The van der Waals surface area contributed by atoms with Crippen molar-refractivity contribution in [1.82, 2.24) is 21.3 Å². The molecule has 0 heterocycles. The van der Waals surface area contributed by atoms with Gasteiger partial charge < -0.3 is 46.5 Å². The van der Waals surface area contributed by atoms with Crippen molar-refractivity contribution in [2.75, 3.05) is 0 Å². The van der Waals surface area contributed by atoms with E-state index in [0.717, 1.165) is 0 Å². The fraction of sp³-hybridized carbons (Fsp3) is 0.432. The van der Waals surface area contributed by atoms with Crippen molar-refractivity contribution in [3.63, 3.8) is 0 Å². The molecule has 1 aliphatic carbocycles. The van der Waals surface area contributed by atoms with Gasteiger partial charge in [-0.15, -0.1) is 0 Å². The van der Waals surface area contributed by atoms with Crippen LogP contribution in [0.25, 0.3) is 0 Å². The molecule has 1 fully saturated rings. The van der Waals surface area contributed by atoms with Gasteiger partial charge in [0.25, 0.3) is 0 Å². The summed E-state index contributed by atoms with van der Waals surface area (Å²) >= 11 is 0. The molecule has 54 heavy (non-hydrogen) atoms. The van der Waals surface area contributed by atoms with Crippen LogP contribution in [0.15, 0.2) is 60.7 Å². The topological polar surface area (TPSA) is 283 Å². The van der Waals surface area contributed by atoms with Gasteiger partial charge in [-0.1, -0.05) is 60.7 Å². The van der Waals surface area contributed by atoms with Crippen molar-refractivity contribution in [2.45, 2.75) is 82.0 Å². The average Bonchev–Trinajstić information content (AvgIpc) is 3.14. The number of carboxylic acids is 4. The van der Waals surface area contributed by atoms with Crippen molar-refractivity contribution in [1.29, 1.82) is 0 Å². The molecule has 0 aromatic heterocycles. The molecule has 0 radical (unpaired) electrons. The normalized spacial score (nSPS) is 18.7. The lowest BCUT2D eigenvalue weighted by Crippen LogP contribution is -2.55. The molecule has 1 aliphatic rings. The van der Waals surface area contributed by atoms with E-state index in [1.54, 1.807) is 60.7 Å². The van der Waals surface area contributed by atoms with Crippen LogP contribution in [0.5, 0.6) is 0 Å². The molecule has 4 amide bonds. The first kappa shape index (κ1) is 42.3. The Labute approximate surface area is 309 Å². The summed E-state index contributed by atoms with van der Waals surface area (Å²) in [6.45, 7) is 0. The summed E-state index contributed by atoms with van der Waals surface area (Å²) < 4.78 is 0. The Balaban J connectivity index is 1.81. The van der Waals surface area contributed by atoms with Crippen LogP contribution in [0.3, 0.4) is 0 Å². The predicted molar refractivity (Wildman–Crippen MR) is 187 cm³/mol. The van der Waals surface area contributed by atoms with Crippen LogP contribution >= 0.6 is 0 Å². The van der Waals surface area contributed by atoms with Gasteiger partial charge in [-0.3, -0.25) is 28.8 Å². The molecule has 0 aliphatic heterocycles. The maximum atomic E-state index is 13.7. The molecule has 2 aromatic rings. The summed E-state index contributed by atoms with van der Waals surface area (Å²) in [6.07, 6.45) is -1.50. The van der Waals surface area contributed by atoms with Crippen LogP contribution in [-0.2, 0) is 56.0 Å². The van der Waals surface area contributed by atoms with E-state index in [1.165, 1.54) is 0 Å². The number of aliphatic carboxylic acids is 4. The second kappa shape index (κ2) is 20.8. The first-order valence-corrected chi connectivity index (χ1v) is 17.3. The Morgan fingerprint density at radius 3 is 1.24 bits per heavy atom. The van der Waals surface area contributed by atoms with Gasteiger partial charge in [-0.25, -0.2) is 9.59 Å². The minimum atomic E-state index is -1.56. The van der Waals surface area contributed by atoms with Crippen molar-refractivity contribution >= 4 is 53.8 Å². The fourth-order valence-corrected chi connectivity index (χ4v) is 6.19. The summed E-state index contributed by atoms with van der Waals surface area (Å²) in [7, 11) is 0. The molecule has 0 bridgehead atoms. The zero-order chi connectivity index (χ0) is 39.8. The van der Waals surface area contributed by atoms with E-state index in [9.17, 15) is 53.4 Å². The molecule has 0 spiro atoms. The molecular formula is C37H44N4O13. The monoisotopic (exact) mass is 752 g/mol. The highest BCUT2D eigenvalue weighted by molar-refractivity contribution is 5.93. The van der Waals surface area contributed by atoms with Gasteiger partial charge >= 0.3 is 23.9 Å². The Morgan fingerprint density at radius 2 is 0.926 bits per heavy atom. The summed E-state index contributed by atoms with van der Waals surface area (Å²) in [5.41, 5.74) is 1.22. The van der Waals surface area contributed by atoms with E-state index in [0.29, 0.717) is 17.4 Å². The second-order valence-electron chi connectivity index (χ2n) is 13.2. The smallest absolute Gasteiger partial charge is 0.326 e.